The number of aromatic amines is 1. The summed E-state index contributed by atoms with van der Waals surface area (Å²) in [4.78, 5) is 27.4. The third-order valence-corrected chi connectivity index (χ3v) is 4.49. The number of hydrogen-bond acceptors (Lipinski definition) is 4. The summed E-state index contributed by atoms with van der Waals surface area (Å²) in [7, 11) is 0. The van der Waals surface area contributed by atoms with Crippen LogP contribution in [0.4, 0.5) is 0 Å². The number of nitrogens with one attached hydrogen (secondary N) is 2. The minimum absolute atomic E-state index is 0.0589. The largest absolute Gasteiger partial charge is 0.382 e. The van der Waals surface area contributed by atoms with E-state index in [1.807, 2.05) is 25.1 Å². The molecule has 0 bridgehead atoms. The number of H-pyrrole nitrogens is 1. The van der Waals surface area contributed by atoms with Gasteiger partial charge in [0.25, 0.3) is 5.56 Å². The van der Waals surface area contributed by atoms with Crippen LogP contribution in [-0.4, -0.2) is 35.2 Å². The molecule has 2 N–H and O–H groups in total. The van der Waals surface area contributed by atoms with Gasteiger partial charge in [-0.3, -0.25) is 14.2 Å². The Morgan fingerprint density at radius 2 is 2.04 bits per heavy atom. The molecule has 0 unspecified atom stereocenters. The number of rotatable bonds is 11. The van der Waals surface area contributed by atoms with Crippen molar-refractivity contribution in [3.05, 3.63) is 39.4 Å². The highest BCUT2D eigenvalue weighted by Gasteiger charge is 2.05. The van der Waals surface area contributed by atoms with Gasteiger partial charge in [-0.1, -0.05) is 18.6 Å². The second-order valence-corrected chi connectivity index (χ2v) is 6.53. The van der Waals surface area contributed by atoms with Crippen molar-refractivity contribution < 1.29 is 9.53 Å². The molecule has 6 nitrogen and oxygen atoms in total. The van der Waals surface area contributed by atoms with Crippen LogP contribution in [0.25, 0.3) is 10.9 Å². The predicted octanol–water partition coefficient (Wildman–Crippen LogP) is 3.16. The lowest BCUT2D eigenvalue weighted by molar-refractivity contribution is -0.121. The lowest BCUT2D eigenvalue weighted by atomic mass is 10.2. The summed E-state index contributed by atoms with van der Waals surface area (Å²) in [5, 5.41) is 3.54. The van der Waals surface area contributed by atoms with Crippen LogP contribution in [0, 0.1) is 4.77 Å². The van der Waals surface area contributed by atoms with Crippen LogP contribution in [0.3, 0.4) is 0 Å². The number of amides is 1. The lowest BCUT2D eigenvalue weighted by Crippen LogP contribution is -2.25. The van der Waals surface area contributed by atoms with Gasteiger partial charge in [0.2, 0.25) is 5.91 Å². The van der Waals surface area contributed by atoms with Gasteiger partial charge in [0.05, 0.1) is 10.9 Å². The van der Waals surface area contributed by atoms with Crippen LogP contribution in [0.5, 0.6) is 0 Å². The quantitative estimate of drug-likeness (QED) is 0.466. The Kier molecular flexibility index (Phi) is 8.50. The van der Waals surface area contributed by atoms with E-state index in [9.17, 15) is 9.59 Å². The van der Waals surface area contributed by atoms with E-state index >= 15 is 0 Å². The van der Waals surface area contributed by atoms with Crippen molar-refractivity contribution in [1.82, 2.24) is 14.9 Å². The van der Waals surface area contributed by atoms with Gasteiger partial charge in [-0.05, 0) is 50.5 Å². The van der Waals surface area contributed by atoms with E-state index in [2.05, 4.69) is 10.3 Å². The summed E-state index contributed by atoms with van der Waals surface area (Å²) in [6.07, 6.45) is 3.83. The average Bonchev–Trinajstić information content (AvgIpc) is 2.63. The molecule has 7 heteroatoms. The van der Waals surface area contributed by atoms with Gasteiger partial charge in [0, 0.05) is 32.7 Å². The summed E-state index contributed by atoms with van der Waals surface area (Å²) in [6, 6.07) is 7.37. The van der Waals surface area contributed by atoms with E-state index in [-0.39, 0.29) is 11.5 Å². The molecule has 0 spiro atoms. The molecule has 0 radical (unpaired) electrons. The first-order valence-corrected chi connectivity index (χ1v) is 9.60. The molecule has 0 fully saturated rings. The number of ether oxygens (including phenoxy) is 1. The number of nitrogens with zero attached hydrogens (tertiary/aromatic N) is 1. The fourth-order valence-corrected chi connectivity index (χ4v) is 3.05. The van der Waals surface area contributed by atoms with E-state index in [0.717, 1.165) is 31.2 Å². The van der Waals surface area contributed by atoms with Crippen molar-refractivity contribution in [3.8, 4) is 0 Å². The maximum atomic E-state index is 12.5. The Bertz CT molecular complexity index is 829. The SMILES string of the molecule is CCOCCCNC(=O)CCCCCn1c(=S)[nH]c2ccccc2c1=O. The van der Waals surface area contributed by atoms with Crippen LogP contribution in [0.15, 0.2) is 29.1 Å². The third kappa shape index (κ3) is 6.07. The Morgan fingerprint density at radius 1 is 1.23 bits per heavy atom. The van der Waals surface area contributed by atoms with Gasteiger partial charge in [0.15, 0.2) is 4.77 Å². The zero-order valence-electron chi connectivity index (χ0n) is 15.3. The Balaban J connectivity index is 1.72. The summed E-state index contributed by atoms with van der Waals surface area (Å²) < 4.78 is 7.27. The molecule has 2 rings (SSSR count). The molecule has 1 amide bonds. The van der Waals surface area contributed by atoms with Gasteiger partial charge >= 0.3 is 0 Å². The zero-order chi connectivity index (χ0) is 18.8. The first-order valence-electron chi connectivity index (χ1n) is 9.19. The first kappa shape index (κ1) is 20.3. The average molecular weight is 378 g/mol. The maximum absolute atomic E-state index is 12.5. The molecule has 0 saturated heterocycles. The highest BCUT2D eigenvalue weighted by molar-refractivity contribution is 7.71. The standard InChI is InChI=1S/C19H27N3O3S/c1-2-25-14-8-12-20-17(23)11-4-3-7-13-22-18(24)15-9-5-6-10-16(15)21-19(22)26/h5-6,9-10H,2-4,7-8,11-14H2,1H3,(H,20,23)(H,21,26). The summed E-state index contributed by atoms with van der Waals surface area (Å²) in [5.74, 6) is 0.0710. The number of fused-ring (bicyclic) bond motifs is 1. The second kappa shape index (κ2) is 10.9. The second-order valence-electron chi connectivity index (χ2n) is 6.14. The van der Waals surface area contributed by atoms with Crippen LogP contribution in [-0.2, 0) is 16.1 Å². The van der Waals surface area contributed by atoms with Crippen molar-refractivity contribution >= 4 is 29.0 Å². The normalized spacial score (nSPS) is 11.0. The number of benzene rings is 1. The number of aromatic nitrogens is 2. The number of carbonyl (C=O) groups excluding carboxylic acids is 1. The smallest absolute Gasteiger partial charge is 0.262 e. The minimum Gasteiger partial charge on any atom is -0.382 e. The molecule has 0 atom stereocenters. The molecule has 0 aliphatic rings. The molecular formula is C19H27N3O3S. The third-order valence-electron chi connectivity index (χ3n) is 4.17. The molecule has 1 aromatic carbocycles. The Morgan fingerprint density at radius 3 is 2.85 bits per heavy atom. The van der Waals surface area contributed by atoms with Gasteiger partial charge in [-0.15, -0.1) is 0 Å². The Hall–Kier alpha value is -1.99. The zero-order valence-corrected chi connectivity index (χ0v) is 16.1. The Labute approximate surface area is 158 Å². The molecule has 0 saturated carbocycles. The number of para-hydroxylation sites is 1. The van der Waals surface area contributed by atoms with Crippen LogP contribution in [0.2, 0.25) is 0 Å². The van der Waals surface area contributed by atoms with Gasteiger partial charge in [-0.2, -0.15) is 0 Å². The van der Waals surface area contributed by atoms with Crippen LogP contribution in [0.1, 0.15) is 39.0 Å². The molecule has 1 aromatic heterocycles. The van der Waals surface area contributed by atoms with Crippen LogP contribution >= 0.6 is 12.2 Å². The number of carbonyl (C=O) groups is 1. The summed E-state index contributed by atoms with van der Waals surface area (Å²) in [6.45, 7) is 4.56. The van der Waals surface area contributed by atoms with E-state index < -0.39 is 0 Å². The van der Waals surface area contributed by atoms with E-state index in [0.29, 0.717) is 42.9 Å². The lowest BCUT2D eigenvalue weighted by Gasteiger charge is -2.08. The topological polar surface area (TPSA) is 76.1 Å². The monoisotopic (exact) mass is 377 g/mol. The van der Waals surface area contributed by atoms with Crippen molar-refractivity contribution in [3.63, 3.8) is 0 Å². The highest BCUT2D eigenvalue weighted by atomic mass is 32.1. The fraction of sp³-hybridized carbons (Fsp3) is 0.526. The molecular weight excluding hydrogens is 350 g/mol. The van der Waals surface area contributed by atoms with E-state index in [1.54, 1.807) is 10.6 Å². The first-order chi connectivity index (χ1) is 12.6. The molecule has 142 valence electrons. The molecule has 26 heavy (non-hydrogen) atoms. The van der Waals surface area contributed by atoms with Crippen molar-refractivity contribution in [2.75, 3.05) is 19.8 Å². The van der Waals surface area contributed by atoms with Gasteiger partial charge in [0.1, 0.15) is 0 Å². The fourth-order valence-electron chi connectivity index (χ4n) is 2.77. The number of hydrogen-bond donors (Lipinski definition) is 2. The summed E-state index contributed by atoms with van der Waals surface area (Å²) in [5.41, 5.74) is 0.705. The minimum atomic E-state index is -0.0589. The van der Waals surface area contributed by atoms with Crippen molar-refractivity contribution in [1.29, 1.82) is 0 Å². The molecule has 0 aliphatic heterocycles. The van der Waals surface area contributed by atoms with Gasteiger partial charge in [-0.25, -0.2) is 0 Å². The molecule has 2 aromatic rings. The van der Waals surface area contributed by atoms with Crippen molar-refractivity contribution in [2.24, 2.45) is 0 Å². The number of unbranched alkanes of at least 4 members (excludes halogenated alkanes) is 2. The van der Waals surface area contributed by atoms with E-state index in [1.165, 1.54) is 0 Å². The van der Waals surface area contributed by atoms with Crippen LogP contribution < -0.4 is 10.9 Å². The predicted molar refractivity (Wildman–Crippen MR) is 106 cm³/mol. The molecule has 1 heterocycles. The van der Waals surface area contributed by atoms with E-state index in [4.69, 9.17) is 17.0 Å². The summed E-state index contributed by atoms with van der Waals surface area (Å²) >= 11 is 5.30. The highest BCUT2D eigenvalue weighted by Crippen LogP contribution is 2.07. The maximum Gasteiger partial charge on any atom is 0.262 e. The van der Waals surface area contributed by atoms with Gasteiger partial charge < -0.3 is 15.0 Å². The molecule has 0 aliphatic carbocycles. The van der Waals surface area contributed by atoms with Crippen molar-refractivity contribution in [2.45, 2.75) is 45.6 Å².